The van der Waals surface area contributed by atoms with Gasteiger partial charge in [0.15, 0.2) is 0 Å². The lowest BCUT2D eigenvalue weighted by Gasteiger charge is -2.30. The molecule has 1 N–H and O–H groups in total. The summed E-state index contributed by atoms with van der Waals surface area (Å²) < 4.78 is 30.0. The monoisotopic (exact) mass is 979 g/mol. The number of amides is 1. The van der Waals surface area contributed by atoms with E-state index in [0.717, 1.165) is 96.3 Å². The van der Waals surface area contributed by atoms with Gasteiger partial charge in [-0.1, -0.05) is 207 Å². The average molecular weight is 979 g/mol. The van der Waals surface area contributed by atoms with Gasteiger partial charge in [-0.3, -0.25) is 14.2 Å². The van der Waals surface area contributed by atoms with E-state index in [9.17, 15) is 19.0 Å². The first-order valence-electron chi connectivity index (χ1n) is 26.9. The molecule has 0 heterocycles. The zero-order valence-electron chi connectivity index (χ0n) is 44.5. The van der Waals surface area contributed by atoms with Crippen LogP contribution in [-0.2, 0) is 27.9 Å². The molecule has 392 valence electrons. The summed E-state index contributed by atoms with van der Waals surface area (Å²) in [6, 6.07) is -0.936. The van der Waals surface area contributed by atoms with Crippen molar-refractivity contribution in [2.75, 3.05) is 40.9 Å². The molecule has 10 heteroatoms. The van der Waals surface area contributed by atoms with E-state index in [-0.39, 0.29) is 25.4 Å². The van der Waals surface area contributed by atoms with Gasteiger partial charge in [0.1, 0.15) is 19.3 Å². The van der Waals surface area contributed by atoms with Crippen LogP contribution in [0.1, 0.15) is 188 Å². The normalized spacial score (nSPS) is 14.8. The standard InChI is InChI=1S/C59H99N2O7P/c1-7-10-13-16-19-22-25-27-28-29-30-31-32-34-37-40-43-46-49-52-59(63)68-57(50-47-44-41-38-35-24-21-18-15-12-9-3)56(55-67-69(64,65)66-54-53-61(4,5)6)60-58(62)51-48-45-42-39-36-33-26-23-20-17-14-11-8-2/h10-11,13-14,17,19-20,22-23,26-28,30-31,34,37,43,46-47,50,56-57H,7-9,12,15-16,18,21,24-25,29,32-33,35-36,38-42,44-45,48-49,51-55H2,1-6H3,(H-,60,62,64,65)/b13-10-,14-11+,20-17+,22-19-,26-23-,28-27-,31-30-,37-34-,46-43-,50-47-. The van der Waals surface area contributed by atoms with Crippen LogP contribution in [0.2, 0.25) is 0 Å². The van der Waals surface area contributed by atoms with E-state index in [0.29, 0.717) is 23.9 Å². The van der Waals surface area contributed by atoms with Gasteiger partial charge in [0.2, 0.25) is 5.91 Å². The highest BCUT2D eigenvalue weighted by Crippen LogP contribution is 2.38. The summed E-state index contributed by atoms with van der Waals surface area (Å²) >= 11 is 0. The summed E-state index contributed by atoms with van der Waals surface area (Å²) in [5, 5.41) is 2.97. The second-order valence-corrected chi connectivity index (χ2v) is 20.1. The molecule has 0 aromatic rings. The van der Waals surface area contributed by atoms with Crippen molar-refractivity contribution in [1.29, 1.82) is 0 Å². The van der Waals surface area contributed by atoms with Crippen LogP contribution in [0.4, 0.5) is 0 Å². The van der Waals surface area contributed by atoms with Crippen LogP contribution in [0.3, 0.4) is 0 Å². The van der Waals surface area contributed by atoms with E-state index < -0.39 is 32.5 Å². The highest BCUT2D eigenvalue weighted by molar-refractivity contribution is 7.45. The number of phosphoric ester groups is 1. The van der Waals surface area contributed by atoms with E-state index in [2.05, 4.69) is 111 Å². The van der Waals surface area contributed by atoms with Gasteiger partial charge in [0.05, 0.1) is 33.8 Å². The molecule has 0 aliphatic rings. The van der Waals surface area contributed by atoms with Gasteiger partial charge < -0.3 is 28.5 Å². The molecule has 0 radical (unpaired) electrons. The molecule has 0 spiro atoms. The van der Waals surface area contributed by atoms with Crippen LogP contribution >= 0.6 is 7.82 Å². The van der Waals surface area contributed by atoms with Crippen LogP contribution in [0, 0.1) is 0 Å². The number of carbonyl (C=O) groups is 2. The number of unbranched alkanes of at least 4 members (excludes halogenated alkanes) is 14. The van der Waals surface area contributed by atoms with Crippen LogP contribution < -0.4 is 10.2 Å². The maximum Gasteiger partial charge on any atom is 0.306 e. The van der Waals surface area contributed by atoms with Crippen molar-refractivity contribution >= 4 is 19.7 Å². The minimum Gasteiger partial charge on any atom is -0.756 e. The van der Waals surface area contributed by atoms with Crippen molar-refractivity contribution in [3.8, 4) is 0 Å². The molecule has 3 unspecified atom stereocenters. The van der Waals surface area contributed by atoms with Crippen LogP contribution in [0.15, 0.2) is 122 Å². The van der Waals surface area contributed by atoms with E-state index in [1.54, 1.807) is 6.08 Å². The summed E-state index contributed by atoms with van der Waals surface area (Å²) in [7, 11) is 1.11. The van der Waals surface area contributed by atoms with Gasteiger partial charge in [-0.15, -0.1) is 0 Å². The number of ether oxygens (including phenoxy) is 1. The largest absolute Gasteiger partial charge is 0.756 e. The summed E-state index contributed by atoms with van der Waals surface area (Å²) in [6.07, 6.45) is 66.1. The molecule has 0 aliphatic heterocycles. The Morgan fingerprint density at radius 2 is 1.01 bits per heavy atom. The number of likely N-dealkylation sites (N-methyl/N-ethyl adjacent to an activating group) is 1. The number of quaternary nitrogens is 1. The molecule has 0 saturated carbocycles. The molecular formula is C59H99N2O7P. The van der Waals surface area contributed by atoms with Gasteiger partial charge in [-0.05, 0) is 89.5 Å². The summed E-state index contributed by atoms with van der Waals surface area (Å²) in [4.78, 5) is 39.7. The summed E-state index contributed by atoms with van der Waals surface area (Å²) in [6.45, 7) is 6.48. The fraction of sp³-hybridized carbons (Fsp3) is 0.627. The quantitative estimate of drug-likeness (QED) is 0.0161. The molecule has 69 heavy (non-hydrogen) atoms. The molecule has 0 fully saturated rings. The molecule has 0 aliphatic carbocycles. The number of rotatable bonds is 46. The number of allylic oxidation sites excluding steroid dienone is 19. The van der Waals surface area contributed by atoms with Crippen molar-refractivity contribution < 1.29 is 37.3 Å². The fourth-order valence-corrected chi connectivity index (χ4v) is 7.56. The maximum absolute atomic E-state index is 13.4. The van der Waals surface area contributed by atoms with Crippen molar-refractivity contribution in [3.63, 3.8) is 0 Å². The third-order valence-electron chi connectivity index (χ3n) is 11.0. The number of hydrogen-bond acceptors (Lipinski definition) is 7. The highest BCUT2D eigenvalue weighted by atomic mass is 31.2. The molecule has 0 aromatic heterocycles. The van der Waals surface area contributed by atoms with Crippen molar-refractivity contribution in [3.05, 3.63) is 122 Å². The Bertz CT molecular complexity index is 1600. The number of hydrogen-bond donors (Lipinski definition) is 1. The maximum atomic E-state index is 13.4. The molecule has 3 atom stereocenters. The van der Waals surface area contributed by atoms with E-state index in [1.165, 1.54) is 44.9 Å². The van der Waals surface area contributed by atoms with Crippen molar-refractivity contribution in [2.45, 2.75) is 200 Å². The lowest BCUT2D eigenvalue weighted by Crippen LogP contribution is -2.47. The smallest absolute Gasteiger partial charge is 0.306 e. The Morgan fingerprint density at radius 1 is 0.536 bits per heavy atom. The van der Waals surface area contributed by atoms with E-state index >= 15 is 0 Å². The minimum absolute atomic E-state index is 0.0447. The van der Waals surface area contributed by atoms with Gasteiger partial charge in [-0.25, -0.2) is 0 Å². The third-order valence-corrected chi connectivity index (χ3v) is 11.9. The molecule has 0 aromatic carbocycles. The predicted molar refractivity (Wildman–Crippen MR) is 293 cm³/mol. The zero-order valence-corrected chi connectivity index (χ0v) is 45.4. The first-order valence-corrected chi connectivity index (χ1v) is 28.3. The first kappa shape index (κ1) is 65.4. The summed E-state index contributed by atoms with van der Waals surface area (Å²) in [5.41, 5.74) is 0. The fourth-order valence-electron chi connectivity index (χ4n) is 6.84. The minimum atomic E-state index is -4.72. The number of carbonyl (C=O) groups excluding carboxylic acids is 2. The molecule has 0 rings (SSSR count). The Morgan fingerprint density at radius 3 is 1.55 bits per heavy atom. The average Bonchev–Trinajstić information content (AvgIpc) is 3.31. The van der Waals surface area contributed by atoms with Crippen LogP contribution in [0.25, 0.3) is 0 Å². The second-order valence-electron chi connectivity index (χ2n) is 18.7. The highest BCUT2D eigenvalue weighted by Gasteiger charge is 2.27. The predicted octanol–water partition coefficient (Wildman–Crippen LogP) is 15.4. The second kappa shape index (κ2) is 48.1. The number of nitrogens with one attached hydrogen (secondary N) is 1. The van der Waals surface area contributed by atoms with E-state index in [1.807, 2.05) is 51.5 Å². The molecule has 9 nitrogen and oxygen atoms in total. The van der Waals surface area contributed by atoms with Crippen molar-refractivity contribution in [2.24, 2.45) is 0 Å². The Labute approximate surface area is 423 Å². The van der Waals surface area contributed by atoms with E-state index in [4.69, 9.17) is 13.8 Å². The topological polar surface area (TPSA) is 114 Å². The zero-order chi connectivity index (χ0) is 50.8. The molecular weight excluding hydrogens is 880 g/mol. The van der Waals surface area contributed by atoms with Crippen LogP contribution in [0.5, 0.6) is 0 Å². The van der Waals surface area contributed by atoms with Gasteiger partial charge in [0.25, 0.3) is 7.82 Å². The number of esters is 1. The van der Waals surface area contributed by atoms with Gasteiger partial charge in [-0.2, -0.15) is 0 Å². The molecule has 0 saturated heterocycles. The van der Waals surface area contributed by atoms with Gasteiger partial charge in [0, 0.05) is 12.8 Å². The Kier molecular flexibility index (Phi) is 45.6. The number of nitrogens with zero attached hydrogens (tertiary/aromatic N) is 1. The third kappa shape index (κ3) is 49.2. The molecule has 0 bridgehead atoms. The van der Waals surface area contributed by atoms with Crippen LogP contribution in [-0.4, -0.2) is 69.4 Å². The SMILES string of the molecule is CC/C=C\C/C=C\C/C=C\C/C=C\C/C=C\C/C=C\CCC(=O)OC(/C=C\CCCCCCCCCCC)C(COP(=O)([O-])OCC[N+](C)(C)C)NC(=O)CCCCCCC\C=C/C=C/C=C/CC. The Hall–Kier alpha value is -3.59. The summed E-state index contributed by atoms with van der Waals surface area (Å²) in [5.74, 6) is -0.677. The molecule has 1 amide bonds. The van der Waals surface area contributed by atoms with Crippen molar-refractivity contribution in [1.82, 2.24) is 5.32 Å². The lowest BCUT2D eigenvalue weighted by atomic mass is 10.1. The number of phosphoric acid groups is 1. The Balaban J connectivity index is 5.53. The lowest BCUT2D eigenvalue weighted by molar-refractivity contribution is -0.870. The first-order chi connectivity index (χ1) is 33.4. The van der Waals surface area contributed by atoms with Gasteiger partial charge >= 0.3 is 5.97 Å².